The number of aromatic nitrogens is 2. The van der Waals surface area contributed by atoms with E-state index in [1.165, 1.54) is 23.5 Å². The lowest BCUT2D eigenvalue weighted by molar-refractivity contribution is 0.0987. The summed E-state index contributed by atoms with van der Waals surface area (Å²) in [5.41, 5.74) is 0.303. The van der Waals surface area contributed by atoms with Crippen LogP contribution in [-0.4, -0.2) is 15.2 Å². The Kier molecular flexibility index (Phi) is 2.87. The van der Waals surface area contributed by atoms with Crippen LogP contribution in [0, 0.1) is 11.6 Å². The molecule has 96 valence electrons. The summed E-state index contributed by atoms with van der Waals surface area (Å²) < 4.78 is 28.3. The highest BCUT2D eigenvalue weighted by Crippen LogP contribution is 2.16. The van der Waals surface area contributed by atoms with Crippen LogP contribution in [0.1, 0.15) is 16.1 Å². The molecule has 0 fully saturated rings. The summed E-state index contributed by atoms with van der Waals surface area (Å²) in [7, 11) is 0. The van der Waals surface area contributed by atoms with Crippen molar-refractivity contribution < 1.29 is 13.6 Å². The van der Waals surface area contributed by atoms with E-state index in [0.29, 0.717) is 5.69 Å². The zero-order valence-electron chi connectivity index (χ0n) is 9.64. The predicted molar refractivity (Wildman–Crippen MR) is 67.5 cm³/mol. The molecule has 0 aliphatic carbocycles. The van der Waals surface area contributed by atoms with Gasteiger partial charge in [0.05, 0.1) is 17.7 Å². The van der Waals surface area contributed by atoms with E-state index in [2.05, 4.69) is 4.98 Å². The van der Waals surface area contributed by atoms with Crippen LogP contribution in [0.15, 0.2) is 36.0 Å². The fourth-order valence-corrected chi connectivity index (χ4v) is 2.56. The number of fused-ring (bicyclic) bond motifs is 1. The number of hydrogen-bond donors (Lipinski definition) is 0. The van der Waals surface area contributed by atoms with Crippen molar-refractivity contribution in [3.05, 3.63) is 58.9 Å². The summed E-state index contributed by atoms with van der Waals surface area (Å²) in [4.78, 5) is 16.9. The normalized spacial score (nSPS) is 11.1. The number of imidazole rings is 1. The third-order valence-electron chi connectivity index (χ3n) is 2.74. The number of rotatable bonds is 3. The molecule has 0 aliphatic rings. The van der Waals surface area contributed by atoms with E-state index >= 15 is 0 Å². The first kappa shape index (κ1) is 12.0. The van der Waals surface area contributed by atoms with Crippen molar-refractivity contribution in [3.63, 3.8) is 0 Å². The van der Waals surface area contributed by atoms with Crippen molar-refractivity contribution in [2.75, 3.05) is 0 Å². The van der Waals surface area contributed by atoms with E-state index in [1.807, 2.05) is 11.6 Å². The van der Waals surface area contributed by atoms with E-state index in [4.69, 9.17) is 0 Å². The Hall–Kier alpha value is -2.08. The van der Waals surface area contributed by atoms with Gasteiger partial charge < -0.3 is 0 Å². The average molecular weight is 278 g/mol. The molecular weight excluding hydrogens is 270 g/mol. The third-order valence-corrected chi connectivity index (χ3v) is 3.51. The molecule has 0 atom stereocenters. The van der Waals surface area contributed by atoms with Gasteiger partial charge in [-0.15, -0.1) is 11.3 Å². The lowest BCUT2D eigenvalue weighted by Gasteiger charge is -2.01. The van der Waals surface area contributed by atoms with Gasteiger partial charge in [0.1, 0.15) is 0 Å². The molecule has 3 aromatic rings. The average Bonchev–Trinajstić information content (AvgIpc) is 2.93. The van der Waals surface area contributed by atoms with Crippen molar-refractivity contribution >= 4 is 22.1 Å². The van der Waals surface area contributed by atoms with E-state index in [-0.39, 0.29) is 12.0 Å². The molecule has 1 aromatic carbocycles. The molecule has 0 saturated carbocycles. The Labute approximate surface area is 111 Å². The van der Waals surface area contributed by atoms with Gasteiger partial charge in [0.15, 0.2) is 22.4 Å². The van der Waals surface area contributed by atoms with Crippen LogP contribution in [0.5, 0.6) is 0 Å². The van der Waals surface area contributed by atoms with E-state index in [0.717, 1.165) is 11.0 Å². The minimum Gasteiger partial charge on any atom is -0.297 e. The minimum absolute atomic E-state index is 0.0469. The lowest BCUT2D eigenvalue weighted by atomic mass is 10.1. The molecule has 0 unspecified atom stereocenters. The summed E-state index contributed by atoms with van der Waals surface area (Å²) in [5, 5.41) is 1.88. The molecule has 0 N–H and O–H groups in total. The van der Waals surface area contributed by atoms with E-state index in [1.54, 1.807) is 10.6 Å². The van der Waals surface area contributed by atoms with Gasteiger partial charge in [-0.25, -0.2) is 13.8 Å². The van der Waals surface area contributed by atoms with Gasteiger partial charge in [0, 0.05) is 17.8 Å². The molecule has 0 radical (unpaired) electrons. The maximum atomic E-state index is 13.5. The highest BCUT2D eigenvalue weighted by Gasteiger charge is 2.16. The van der Waals surface area contributed by atoms with Gasteiger partial charge in [-0.3, -0.25) is 9.20 Å². The first-order valence-corrected chi connectivity index (χ1v) is 6.41. The number of carbonyl (C=O) groups is 1. The van der Waals surface area contributed by atoms with E-state index in [9.17, 15) is 13.6 Å². The summed E-state index contributed by atoms with van der Waals surface area (Å²) in [6.07, 6.45) is 3.49. The maximum absolute atomic E-state index is 13.5. The van der Waals surface area contributed by atoms with Crippen LogP contribution >= 0.6 is 11.3 Å². The maximum Gasteiger partial charge on any atom is 0.193 e. The topological polar surface area (TPSA) is 34.4 Å². The second-order valence-electron chi connectivity index (χ2n) is 4.03. The van der Waals surface area contributed by atoms with Gasteiger partial charge in [0.25, 0.3) is 0 Å². The predicted octanol–water partition coefficient (Wildman–Crippen LogP) is 3.10. The third kappa shape index (κ3) is 2.15. The fourth-order valence-electron chi connectivity index (χ4n) is 1.84. The molecule has 2 aromatic heterocycles. The Bertz CT molecular complexity index is 734. The van der Waals surface area contributed by atoms with Gasteiger partial charge in [-0.1, -0.05) is 6.07 Å². The Balaban J connectivity index is 1.88. The van der Waals surface area contributed by atoms with Crippen molar-refractivity contribution in [1.29, 1.82) is 0 Å². The highest BCUT2D eigenvalue weighted by molar-refractivity contribution is 7.15. The second-order valence-corrected chi connectivity index (χ2v) is 4.90. The number of nitrogens with zero attached hydrogens (tertiary/aromatic N) is 2. The number of ketones is 1. The van der Waals surface area contributed by atoms with Crippen molar-refractivity contribution in [2.45, 2.75) is 6.42 Å². The quantitative estimate of drug-likeness (QED) is 0.690. The Morgan fingerprint density at radius 2 is 2.21 bits per heavy atom. The molecule has 2 heterocycles. The number of thiazole rings is 1. The summed E-state index contributed by atoms with van der Waals surface area (Å²) >= 11 is 1.44. The van der Waals surface area contributed by atoms with Crippen LogP contribution in [-0.2, 0) is 6.42 Å². The molecule has 6 heteroatoms. The highest BCUT2D eigenvalue weighted by atomic mass is 32.1. The molecule has 0 aliphatic heterocycles. The zero-order valence-corrected chi connectivity index (χ0v) is 10.5. The molecule has 19 heavy (non-hydrogen) atoms. The SMILES string of the molecule is O=C(Cc1cn2ccsc2n1)c1cccc(F)c1F. The van der Waals surface area contributed by atoms with Crippen molar-refractivity contribution in [2.24, 2.45) is 0 Å². The zero-order chi connectivity index (χ0) is 13.4. The van der Waals surface area contributed by atoms with Gasteiger partial charge in [-0.2, -0.15) is 0 Å². The van der Waals surface area contributed by atoms with Crippen LogP contribution in [0.3, 0.4) is 0 Å². The largest absolute Gasteiger partial charge is 0.297 e. The first-order valence-electron chi connectivity index (χ1n) is 5.53. The van der Waals surface area contributed by atoms with Crippen LogP contribution < -0.4 is 0 Å². The van der Waals surface area contributed by atoms with E-state index < -0.39 is 17.4 Å². The van der Waals surface area contributed by atoms with Crippen LogP contribution in [0.2, 0.25) is 0 Å². The number of benzene rings is 1. The molecule has 0 amide bonds. The van der Waals surface area contributed by atoms with Gasteiger partial charge in [0.2, 0.25) is 0 Å². The first-order chi connectivity index (χ1) is 9.15. The smallest absolute Gasteiger partial charge is 0.193 e. The second kappa shape index (κ2) is 4.55. The number of halogens is 2. The summed E-state index contributed by atoms with van der Waals surface area (Å²) in [6.45, 7) is 0. The molecule has 0 saturated heterocycles. The summed E-state index contributed by atoms with van der Waals surface area (Å²) in [5.74, 6) is -2.60. The van der Waals surface area contributed by atoms with Crippen LogP contribution in [0.25, 0.3) is 4.96 Å². The monoisotopic (exact) mass is 278 g/mol. The van der Waals surface area contributed by atoms with Gasteiger partial charge >= 0.3 is 0 Å². The van der Waals surface area contributed by atoms with Crippen molar-refractivity contribution in [1.82, 2.24) is 9.38 Å². The molecule has 3 rings (SSSR count). The molecule has 0 spiro atoms. The van der Waals surface area contributed by atoms with Gasteiger partial charge in [-0.05, 0) is 12.1 Å². The summed E-state index contributed by atoms with van der Waals surface area (Å²) in [6, 6.07) is 3.58. The number of hydrogen-bond acceptors (Lipinski definition) is 3. The fraction of sp³-hybridized carbons (Fsp3) is 0.0769. The number of carbonyl (C=O) groups excluding carboxylic acids is 1. The van der Waals surface area contributed by atoms with Crippen molar-refractivity contribution in [3.8, 4) is 0 Å². The Morgan fingerprint density at radius 3 is 3.00 bits per heavy atom. The number of Topliss-reactive ketones (excluding diaryl/α,β-unsaturated/α-hetero) is 1. The standard InChI is InChI=1S/C13H8F2N2OS/c14-10-3-1-2-9(12(10)15)11(18)6-8-7-17-4-5-19-13(17)16-8/h1-5,7H,6H2. The molecular formula is C13H8F2N2OS. The molecule has 0 bridgehead atoms. The minimum atomic E-state index is -1.10. The van der Waals surface area contributed by atoms with Crippen LogP contribution in [0.4, 0.5) is 8.78 Å². The Morgan fingerprint density at radius 1 is 1.37 bits per heavy atom. The molecule has 3 nitrogen and oxygen atoms in total. The lowest BCUT2D eigenvalue weighted by Crippen LogP contribution is -2.07.